The lowest BCUT2D eigenvalue weighted by atomic mass is 10.2. The summed E-state index contributed by atoms with van der Waals surface area (Å²) >= 11 is 3.44. The molecular weight excluding hydrogens is 237 g/mol. The summed E-state index contributed by atoms with van der Waals surface area (Å²) in [6.45, 7) is 4.39. The number of rotatable bonds is 3. The van der Waals surface area contributed by atoms with Gasteiger partial charge in [-0.2, -0.15) is 0 Å². The van der Waals surface area contributed by atoms with Crippen molar-refractivity contribution in [2.45, 2.75) is 13.5 Å². The van der Waals surface area contributed by atoms with E-state index in [1.165, 1.54) is 10.0 Å². The van der Waals surface area contributed by atoms with Crippen molar-refractivity contribution in [2.24, 2.45) is 0 Å². The molecule has 0 spiro atoms. The minimum atomic E-state index is 0. The number of quaternary nitrogens is 1. The lowest BCUT2D eigenvalue weighted by molar-refractivity contribution is -0.667. The maximum absolute atomic E-state index is 3.44. The number of hydrogen-bond acceptors (Lipinski definition) is 0. The second kappa shape index (κ2) is 6.46. The summed E-state index contributed by atoms with van der Waals surface area (Å²) in [4.78, 5) is 0. The summed E-state index contributed by atoms with van der Waals surface area (Å²) < 4.78 is 1.17. The Labute approximate surface area is 88.1 Å². The zero-order valence-electron chi connectivity index (χ0n) is 7.06. The van der Waals surface area contributed by atoms with Crippen LogP contribution in [0.2, 0.25) is 0 Å². The molecular formula is C9H13BrClN. The minimum absolute atomic E-state index is 0. The van der Waals surface area contributed by atoms with Gasteiger partial charge in [-0.3, -0.25) is 0 Å². The van der Waals surface area contributed by atoms with E-state index in [-0.39, 0.29) is 12.4 Å². The van der Waals surface area contributed by atoms with Gasteiger partial charge in [0.05, 0.1) is 6.54 Å². The molecule has 0 unspecified atom stereocenters. The van der Waals surface area contributed by atoms with Gasteiger partial charge in [0, 0.05) is 10.0 Å². The zero-order valence-corrected chi connectivity index (χ0v) is 9.40. The molecule has 0 amide bonds. The maximum Gasteiger partial charge on any atom is 0.101 e. The van der Waals surface area contributed by atoms with Crippen LogP contribution in [-0.2, 0) is 6.54 Å². The fourth-order valence-electron chi connectivity index (χ4n) is 0.975. The lowest BCUT2D eigenvalue weighted by Crippen LogP contribution is -3.00. The third kappa shape index (κ3) is 4.10. The van der Waals surface area contributed by atoms with Crippen molar-refractivity contribution < 1.29 is 17.7 Å². The molecule has 0 saturated heterocycles. The molecule has 0 heterocycles. The van der Waals surface area contributed by atoms with Crippen molar-refractivity contribution in [2.75, 3.05) is 6.54 Å². The van der Waals surface area contributed by atoms with Gasteiger partial charge >= 0.3 is 0 Å². The van der Waals surface area contributed by atoms with Crippen LogP contribution in [0, 0.1) is 0 Å². The van der Waals surface area contributed by atoms with Gasteiger partial charge in [-0.05, 0) is 19.1 Å². The van der Waals surface area contributed by atoms with E-state index in [1.54, 1.807) is 0 Å². The molecule has 2 N–H and O–H groups in total. The Kier molecular flexibility index (Phi) is 6.44. The Morgan fingerprint density at radius 2 is 2.17 bits per heavy atom. The van der Waals surface area contributed by atoms with E-state index >= 15 is 0 Å². The monoisotopic (exact) mass is 249 g/mol. The van der Waals surface area contributed by atoms with Crippen molar-refractivity contribution >= 4 is 15.9 Å². The first-order valence-electron chi connectivity index (χ1n) is 3.89. The van der Waals surface area contributed by atoms with Crippen molar-refractivity contribution in [3.63, 3.8) is 0 Å². The van der Waals surface area contributed by atoms with E-state index in [4.69, 9.17) is 0 Å². The van der Waals surface area contributed by atoms with Gasteiger partial charge in [-0.1, -0.05) is 28.1 Å². The summed E-state index contributed by atoms with van der Waals surface area (Å²) in [5, 5.41) is 2.28. The maximum atomic E-state index is 3.44. The van der Waals surface area contributed by atoms with Gasteiger partial charge in [-0.15, -0.1) is 0 Å². The second-order valence-electron chi connectivity index (χ2n) is 2.53. The molecule has 0 atom stereocenters. The van der Waals surface area contributed by atoms with Crippen LogP contribution in [0.1, 0.15) is 12.5 Å². The largest absolute Gasteiger partial charge is 1.00 e. The van der Waals surface area contributed by atoms with Gasteiger partial charge in [0.1, 0.15) is 6.54 Å². The summed E-state index contributed by atoms with van der Waals surface area (Å²) in [6.07, 6.45) is 0. The Morgan fingerprint density at radius 3 is 2.75 bits per heavy atom. The molecule has 0 aliphatic rings. The van der Waals surface area contributed by atoms with Crippen LogP contribution in [0.15, 0.2) is 28.7 Å². The fourth-order valence-corrected chi connectivity index (χ4v) is 1.42. The molecule has 1 rings (SSSR count). The molecule has 0 radical (unpaired) electrons. The van der Waals surface area contributed by atoms with E-state index in [9.17, 15) is 0 Å². The normalized spacial score (nSPS) is 9.17. The highest BCUT2D eigenvalue weighted by molar-refractivity contribution is 9.10. The first-order valence-corrected chi connectivity index (χ1v) is 4.68. The zero-order chi connectivity index (χ0) is 8.10. The second-order valence-corrected chi connectivity index (χ2v) is 3.45. The van der Waals surface area contributed by atoms with Crippen molar-refractivity contribution in [1.29, 1.82) is 0 Å². The predicted molar refractivity (Wildman–Crippen MR) is 50.3 cm³/mol. The van der Waals surface area contributed by atoms with E-state index in [0.29, 0.717) is 0 Å². The number of halogens is 2. The van der Waals surface area contributed by atoms with Crippen LogP contribution in [0.25, 0.3) is 0 Å². The molecule has 0 aliphatic heterocycles. The molecule has 68 valence electrons. The first-order chi connectivity index (χ1) is 5.33. The SMILES string of the molecule is CC[NH2+]Cc1cccc(Br)c1.[Cl-]. The quantitative estimate of drug-likeness (QED) is 0.675. The first kappa shape index (κ1) is 11.9. The van der Waals surface area contributed by atoms with E-state index < -0.39 is 0 Å². The van der Waals surface area contributed by atoms with Crippen molar-refractivity contribution in [3.8, 4) is 0 Å². The molecule has 0 aromatic heterocycles. The van der Waals surface area contributed by atoms with E-state index in [2.05, 4.69) is 52.4 Å². The Morgan fingerprint density at radius 1 is 1.42 bits per heavy atom. The Balaban J connectivity index is 0.00000121. The lowest BCUT2D eigenvalue weighted by Gasteiger charge is -1.98. The van der Waals surface area contributed by atoms with Crippen LogP contribution in [0.3, 0.4) is 0 Å². The van der Waals surface area contributed by atoms with E-state index in [1.807, 2.05) is 0 Å². The molecule has 3 heteroatoms. The summed E-state index contributed by atoms with van der Waals surface area (Å²) in [7, 11) is 0. The molecule has 0 fully saturated rings. The summed E-state index contributed by atoms with van der Waals surface area (Å²) in [5.74, 6) is 0. The fraction of sp³-hybridized carbons (Fsp3) is 0.333. The van der Waals surface area contributed by atoms with Crippen LogP contribution in [0.4, 0.5) is 0 Å². The van der Waals surface area contributed by atoms with E-state index in [0.717, 1.165) is 13.1 Å². The summed E-state index contributed by atoms with van der Waals surface area (Å²) in [5.41, 5.74) is 1.38. The average Bonchev–Trinajstić information content (AvgIpc) is 2.01. The average molecular weight is 251 g/mol. The number of benzene rings is 1. The topological polar surface area (TPSA) is 16.6 Å². The number of nitrogens with two attached hydrogens (primary N) is 1. The molecule has 1 nitrogen and oxygen atoms in total. The van der Waals surface area contributed by atoms with Crippen molar-refractivity contribution in [1.82, 2.24) is 0 Å². The van der Waals surface area contributed by atoms with Crippen LogP contribution >= 0.6 is 15.9 Å². The van der Waals surface area contributed by atoms with Crippen molar-refractivity contribution in [3.05, 3.63) is 34.3 Å². The third-order valence-corrected chi connectivity index (χ3v) is 2.05. The predicted octanol–water partition coefficient (Wildman–Crippen LogP) is -1.46. The van der Waals surface area contributed by atoms with Crippen LogP contribution in [0.5, 0.6) is 0 Å². The molecule has 1 aromatic carbocycles. The highest BCUT2D eigenvalue weighted by Gasteiger charge is 1.93. The standard InChI is InChI=1S/C9H12BrN.ClH/c1-2-11-7-8-4-3-5-9(10)6-8;/h3-6,11H,2,7H2,1H3;1H. The van der Waals surface area contributed by atoms with Gasteiger partial charge in [0.25, 0.3) is 0 Å². The minimum Gasteiger partial charge on any atom is -1.00 e. The molecule has 1 aromatic rings. The van der Waals surface area contributed by atoms with Gasteiger partial charge < -0.3 is 17.7 Å². The van der Waals surface area contributed by atoms with Gasteiger partial charge in [0.15, 0.2) is 0 Å². The number of hydrogen-bond donors (Lipinski definition) is 1. The molecule has 12 heavy (non-hydrogen) atoms. The Bertz CT molecular complexity index is 228. The third-order valence-electron chi connectivity index (χ3n) is 1.56. The van der Waals surface area contributed by atoms with Gasteiger partial charge in [-0.25, -0.2) is 0 Å². The Hall–Kier alpha value is -0.0500. The highest BCUT2D eigenvalue weighted by atomic mass is 79.9. The smallest absolute Gasteiger partial charge is 0.101 e. The summed E-state index contributed by atoms with van der Waals surface area (Å²) in [6, 6.07) is 8.43. The molecule has 0 aliphatic carbocycles. The van der Waals surface area contributed by atoms with Crippen LogP contribution < -0.4 is 17.7 Å². The highest BCUT2D eigenvalue weighted by Crippen LogP contribution is 2.10. The molecule has 0 saturated carbocycles. The van der Waals surface area contributed by atoms with Crippen LogP contribution in [-0.4, -0.2) is 6.54 Å². The van der Waals surface area contributed by atoms with Gasteiger partial charge in [0.2, 0.25) is 0 Å². The molecule has 0 bridgehead atoms.